The highest BCUT2D eigenvalue weighted by atomic mass is 16.4. The zero-order valence-electron chi connectivity index (χ0n) is 14.3. The van der Waals surface area contributed by atoms with Gasteiger partial charge in [-0.15, -0.1) is 0 Å². The predicted octanol–water partition coefficient (Wildman–Crippen LogP) is 4.64. The quantitative estimate of drug-likeness (QED) is 0.861. The second-order valence-corrected chi connectivity index (χ2v) is 6.82. The molecule has 1 aromatic carbocycles. The van der Waals surface area contributed by atoms with Gasteiger partial charge in [-0.3, -0.25) is 0 Å². The minimum atomic E-state index is -0.733. The van der Waals surface area contributed by atoms with E-state index >= 15 is 0 Å². The van der Waals surface area contributed by atoms with Gasteiger partial charge in [0.2, 0.25) is 0 Å². The molecule has 0 amide bonds. The summed E-state index contributed by atoms with van der Waals surface area (Å²) in [6.45, 7) is 10.5. The molecule has 1 aliphatic rings. The van der Waals surface area contributed by atoms with Crippen LogP contribution in [0.5, 0.6) is 0 Å². The molecule has 3 heteroatoms. The van der Waals surface area contributed by atoms with Crippen molar-refractivity contribution in [1.29, 1.82) is 0 Å². The molecule has 1 aromatic rings. The lowest BCUT2D eigenvalue weighted by atomic mass is 9.85. The zero-order chi connectivity index (χ0) is 16.5. The van der Waals surface area contributed by atoms with E-state index in [-0.39, 0.29) is 5.54 Å². The first-order chi connectivity index (χ1) is 10.3. The summed E-state index contributed by atoms with van der Waals surface area (Å²) in [6.07, 6.45) is 4.80. The molecule has 1 atom stereocenters. The largest absolute Gasteiger partial charge is 0.480 e. The number of nitrogens with zero attached hydrogens (tertiary/aromatic N) is 1. The number of allylic oxidation sites excluding steroid dienone is 1. The van der Waals surface area contributed by atoms with Crippen LogP contribution in [0, 0.1) is 6.92 Å². The number of benzene rings is 1. The van der Waals surface area contributed by atoms with E-state index in [1.807, 2.05) is 6.07 Å². The minimum absolute atomic E-state index is 0.306. The van der Waals surface area contributed by atoms with E-state index in [4.69, 9.17) is 0 Å². The lowest BCUT2D eigenvalue weighted by Crippen LogP contribution is -2.54. The molecule has 0 saturated heterocycles. The van der Waals surface area contributed by atoms with Crippen molar-refractivity contribution in [1.82, 2.24) is 0 Å². The van der Waals surface area contributed by atoms with Gasteiger partial charge in [-0.05, 0) is 45.3 Å². The molecule has 0 unspecified atom stereocenters. The summed E-state index contributed by atoms with van der Waals surface area (Å²) < 4.78 is 0. The lowest BCUT2D eigenvalue weighted by Gasteiger charge is -2.47. The number of carbonyl (C=O) groups is 1. The topological polar surface area (TPSA) is 40.5 Å². The van der Waals surface area contributed by atoms with Crippen LogP contribution < -0.4 is 4.90 Å². The van der Waals surface area contributed by atoms with E-state index in [2.05, 4.69) is 57.7 Å². The molecule has 0 saturated carbocycles. The SMILES string of the molecule is CCCC[C@@H](C(=O)O)N1c2c(C)cccc2C(C)=CC1(C)C. The highest BCUT2D eigenvalue weighted by molar-refractivity contribution is 5.88. The molecule has 0 spiro atoms. The Balaban J connectivity index is 2.60. The molecule has 1 N–H and O–H groups in total. The van der Waals surface area contributed by atoms with Crippen LogP contribution in [-0.2, 0) is 4.79 Å². The van der Waals surface area contributed by atoms with Gasteiger partial charge in [-0.2, -0.15) is 0 Å². The number of para-hydroxylation sites is 1. The third-order valence-electron chi connectivity index (χ3n) is 4.52. The second-order valence-electron chi connectivity index (χ2n) is 6.82. The molecule has 120 valence electrons. The molecular formula is C19H27NO2. The fraction of sp³-hybridized carbons (Fsp3) is 0.526. The first-order valence-corrected chi connectivity index (χ1v) is 8.11. The average Bonchev–Trinajstić information content (AvgIpc) is 2.42. The van der Waals surface area contributed by atoms with Gasteiger partial charge in [-0.1, -0.05) is 44.0 Å². The van der Waals surface area contributed by atoms with Gasteiger partial charge in [0.15, 0.2) is 0 Å². The lowest BCUT2D eigenvalue weighted by molar-refractivity contribution is -0.139. The van der Waals surface area contributed by atoms with E-state index in [0.29, 0.717) is 6.42 Å². The predicted molar refractivity (Wildman–Crippen MR) is 92.3 cm³/mol. The van der Waals surface area contributed by atoms with Gasteiger partial charge < -0.3 is 10.0 Å². The first-order valence-electron chi connectivity index (χ1n) is 8.11. The van der Waals surface area contributed by atoms with Crippen LogP contribution in [-0.4, -0.2) is 22.7 Å². The fourth-order valence-electron chi connectivity index (χ4n) is 3.58. The third kappa shape index (κ3) is 2.90. The Bertz CT molecular complexity index is 601. The van der Waals surface area contributed by atoms with Crippen LogP contribution in [0.4, 0.5) is 5.69 Å². The summed E-state index contributed by atoms with van der Waals surface area (Å²) in [5.74, 6) is -0.733. The van der Waals surface area contributed by atoms with Crippen LogP contribution in [0.25, 0.3) is 5.57 Å². The summed E-state index contributed by atoms with van der Waals surface area (Å²) in [7, 11) is 0. The van der Waals surface area contributed by atoms with Crippen LogP contribution in [0.3, 0.4) is 0 Å². The van der Waals surface area contributed by atoms with E-state index in [9.17, 15) is 9.90 Å². The summed E-state index contributed by atoms with van der Waals surface area (Å²) in [5, 5.41) is 9.80. The fourth-order valence-corrected chi connectivity index (χ4v) is 3.58. The van der Waals surface area contributed by atoms with E-state index in [0.717, 1.165) is 29.7 Å². The standard InChI is InChI=1S/C19H27NO2/c1-6-7-11-16(18(21)22)20-17-13(2)9-8-10-15(17)14(3)12-19(20,4)5/h8-10,12,16H,6-7,11H2,1-5H3,(H,21,22)/t16-/m0/s1. The molecule has 2 rings (SSSR count). The molecule has 0 fully saturated rings. The van der Waals surface area contributed by atoms with Gasteiger partial charge in [0.1, 0.15) is 6.04 Å². The maximum absolute atomic E-state index is 11.9. The van der Waals surface area contributed by atoms with Crippen molar-refractivity contribution < 1.29 is 9.90 Å². The molecule has 0 bridgehead atoms. The Kier molecular flexibility index (Phi) is 4.64. The minimum Gasteiger partial charge on any atom is -0.480 e. The van der Waals surface area contributed by atoms with E-state index in [1.165, 1.54) is 5.57 Å². The van der Waals surface area contributed by atoms with Crippen molar-refractivity contribution in [2.45, 2.75) is 65.5 Å². The molecule has 0 aromatic heterocycles. The number of fused-ring (bicyclic) bond motifs is 1. The number of hydrogen-bond acceptors (Lipinski definition) is 2. The second kappa shape index (κ2) is 6.15. The Morgan fingerprint density at radius 3 is 2.59 bits per heavy atom. The van der Waals surface area contributed by atoms with E-state index < -0.39 is 12.0 Å². The number of rotatable bonds is 5. The molecule has 3 nitrogen and oxygen atoms in total. The number of unbranched alkanes of at least 4 members (excludes halogenated alkanes) is 1. The Labute approximate surface area is 133 Å². The number of aliphatic carboxylic acids is 1. The van der Waals surface area contributed by atoms with E-state index in [1.54, 1.807) is 0 Å². The van der Waals surface area contributed by atoms with Gasteiger partial charge in [0, 0.05) is 11.3 Å². The van der Waals surface area contributed by atoms with Crippen LogP contribution in [0.2, 0.25) is 0 Å². The highest BCUT2D eigenvalue weighted by Crippen LogP contribution is 2.42. The highest BCUT2D eigenvalue weighted by Gasteiger charge is 2.39. The Morgan fingerprint density at radius 2 is 2.00 bits per heavy atom. The van der Waals surface area contributed by atoms with Crippen molar-refractivity contribution in [2.75, 3.05) is 4.90 Å². The summed E-state index contributed by atoms with van der Waals surface area (Å²) in [4.78, 5) is 14.0. The van der Waals surface area contributed by atoms with Gasteiger partial charge in [0.05, 0.1) is 5.54 Å². The van der Waals surface area contributed by atoms with Gasteiger partial charge in [-0.25, -0.2) is 4.79 Å². The van der Waals surface area contributed by atoms with Crippen molar-refractivity contribution in [2.24, 2.45) is 0 Å². The maximum Gasteiger partial charge on any atom is 0.326 e. The molecule has 1 heterocycles. The molecule has 0 aliphatic carbocycles. The van der Waals surface area contributed by atoms with Crippen molar-refractivity contribution in [3.63, 3.8) is 0 Å². The summed E-state index contributed by atoms with van der Waals surface area (Å²) >= 11 is 0. The number of carboxylic acids is 1. The Morgan fingerprint density at radius 1 is 1.32 bits per heavy atom. The van der Waals surface area contributed by atoms with Crippen LogP contribution in [0.1, 0.15) is 58.1 Å². The number of anilines is 1. The monoisotopic (exact) mass is 301 g/mol. The van der Waals surface area contributed by atoms with Crippen molar-refractivity contribution in [3.05, 3.63) is 35.4 Å². The van der Waals surface area contributed by atoms with Crippen molar-refractivity contribution >= 4 is 17.2 Å². The van der Waals surface area contributed by atoms with Crippen LogP contribution in [0.15, 0.2) is 24.3 Å². The number of hydrogen-bond donors (Lipinski definition) is 1. The first kappa shape index (κ1) is 16.6. The molecule has 1 aliphatic heterocycles. The average molecular weight is 301 g/mol. The zero-order valence-corrected chi connectivity index (χ0v) is 14.3. The third-order valence-corrected chi connectivity index (χ3v) is 4.52. The molecule has 22 heavy (non-hydrogen) atoms. The number of aryl methyl sites for hydroxylation is 1. The Hall–Kier alpha value is -1.77. The summed E-state index contributed by atoms with van der Waals surface area (Å²) in [5.41, 5.74) is 4.29. The van der Waals surface area contributed by atoms with Crippen molar-refractivity contribution in [3.8, 4) is 0 Å². The van der Waals surface area contributed by atoms with Gasteiger partial charge >= 0.3 is 5.97 Å². The summed E-state index contributed by atoms with van der Waals surface area (Å²) in [6, 6.07) is 5.72. The smallest absolute Gasteiger partial charge is 0.326 e. The number of carboxylic acid groups (broad SMARTS) is 1. The normalized spacial score (nSPS) is 17.7. The van der Waals surface area contributed by atoms with Crippen LogP contribution >= 0.6 is 0 Å². The maximum atomic E-state index is 11.9. The molecule has 0 radical (unpaired) electrons. The molecular weight excluding hydrogens is 274 g/mol. The van der Waals surface area contributed by atoms with Gasteiger partial charge in [0.25, 0.3) is 0 Å².